The Balaban J connectivity index is 2.73. The SMILES string of the molecule is C/[SiH]=c1/ccc2cccc3cccc1c32. The molecule has 0 unspecified atom stereocenters. The molecule has 0 nitrogen and oxygen atoms in total. The lowest BCUT2D eigenvalue weighted by Gasteiger charge is -2.05. The minimum absolute atomic E-state index is 0.390. The van der Waals surface area contributed by atoms with E-state index in [0.29, 0.717) is 9.13 Å². The predicted octanol–water partition coefficient (Wildman–Crippen LogP) is 3.45. The highest BCUT2D eigenvalue weighted by Gasteiger charge is 2.00. The Bertz CT molecular complexity index is 660. The number of rotatable bonds is 0. The fourth-order valence-electron chi connectivity index (χ4n) is 2.27. The molecular formula is C14H12Si. The van der Waals surface area contributed by atoms with Crippen molar-refractivity contribution in [1.29, 1.82) is 0 Å². The van der Waals surface area contributed by atoms with Crippen LogP contribution in [0.3, 0.4) is 0 Å². The van der Waals surface area contributed by atoms with E-state index in [1.54, 1.807) is 0 Å². The lowest BCUT2D eigenvalue weighted by molar-refractivity contribution is 1.74. The first-order valence-electron chi connectivity index (χ1n) is 5.26. The third-order valence-electron chi connectivity index (χ3n) is 3.00. The molecule has 0 saturated carbocycles. The minimum atomic E-state index is 0.390. The molecular weight excluding hydrogens is 196 g/mol. The van der Waals surface area contributed by atoms with Crippen molar-refractivity contribution in [3.8, 4) is 0 Å². The van der Waals surface area contributed by atoms with E-state index in [-0.39, 0.29) is 0 Å². The molecule has 0 aromatic heterocycles. The van der Waals surface area contributed by atoms with E-state index in [0.717, 1.165) is 0 Å². The fourth-order valence-corrected chi connectivity index (χ4v) is 3.11. The number of hydrogen-bond donors (Lipinski definition) is 0. The van der Waals surface area contributed by atoms with Crippen LogP contribution in [-0.4, -0.2) is 9.13 Å². The van der Waals surface area contributed by atoms with Crippen molar-refractivity contribution in [3.63, 3.8) is 0 Å². The molecule has 72 valence electrons. The number of hydrogen-bond acceptors (Lipinski definition) is 0. The standard InChI is InChI=1S/C14H12Si/c1-15-13-9-8-11-5-2-4-10-6-3-7-12(13)14(10)11/h2-9,15H,1H3/b15-13-. The zero-order valence-electron chi connectivity index (χ0n) is 8.70. The van der Waals surface area contributed by atoms with Crippen LogP contribution in [0.5, 0.6) is 0 Å². The molecule has 3 aromatic carbocycles. The summed E-state index contributed by atoms with van der Waals surface area (Å²) in [6.07, 6.45) is 0. The molecule has 0 bridgehead atoms. The molecule has 0 spiro atoms. The van der Waals surface area contributed by atoms with Crippen LogP contribution >= 0.6 is 0 Å². The van der Waals surface area contributed by atoms with E-state index < -0.39 is 0 Å². The van der Waals surface area contributed by atoms with Crippen molar-refractivity contribution < 1.29 is 0 Å². The molecule has 3 rings (SSSR count). The summed E-state index contributed by atoms with van der Waals surface area (Å²) in [6.45, 7) is 2.30. The molecule has 1 heteroatoms. The Kier molecular flexibility index (Phi) is 1.93. The van der Waals surface area contributed by atoms with E-state index in [1.807, 2.05) is 0 Å². The molecule has 0 N–H and O–H groups in total. The van der Waals surface area contributed by atoms with Crippen molar-refractivity contribution in [2.75, 3.05) is 0 Å². The van der Waals surface area contributed by atoms with Crippen LogP contribution in [-0.2, 0) is 0 Å². The van der Waals surface area contributed by atoms with E-state index in [1.165, 1.54) is 26.4 Å². The van der Waals surface area contributed by atoms with Gasteiger partial charge in [-0.05, 0) is 26.4 Å². The first-order chi connectivity index (χ1) is 7.40. The van der Waals surface area contributed by atoms with Crippen LogP contribution in [0.4, 0.5) is 0 Å². The summed E-state index contributed by atoms with van der Waals surface area (Å²) in [7, 11) is 0.390. The van der Waals surface area contributed by atoms with E-state index in [9.17, 15) is 0 Å². The van der Waals surface area contributed by atoms with Crippen LogP contribution in [0, 0.1) is 4.81 Å². The summed E-state index contributed by atoms with van der Waals surface area (Å²) in [5, 5.41) is 5.61. The van der Waals surface area contributed by atoms with E-state index in [2.05, 4.69) is 55.1 Å². The first-order valence-corrected chi connectivity index (χ1v) is 7.00. The highest BCUT2D eigenvalue weighted by atomic mass is 28.2. The summed E-state index contributed by atoms with van der Waals surface area (Å²) in [6, 6.07) is 17.7. The quantitative estimate of drug-likeness (QED) is 0.496. The maximum absolute atomic E-state index is 2.30. The van der Waals surface area contributed by atoms with E-state index >= 15 is 0 Å². The average Bonchev–Trinajstić information content (AvgIpc) is 2.30. The molecule has 0 heterocycles. The van der Waals surface area contributed by atoms with Gasteiger partial charge in [-0.15, -0.1) is 0 Å². The van der Waals surface area contributed by atoms with Crippen LogP contribution in [0.1, 0.15) is 0 Å². The lowest BCUT2D eigenvalue weighted by atomic mass is 10.0. The smallest absolute Gasteiger partial charge is 0.000312 e. The molecule has 0 atom stereocenters. The van der Waals surface area contributed by atoms with Gasteiger partial charge >= 0.3 is 0 Å². The summed E-state index contributed by atoms with van der Waals surface area (Å²) < 4.78 is 0. The van der Waals surface area contributed by atoms with Gasteiger partial charge in [0.2, 0.25) is 0 Å². The van der Waals surface area contributed by atoms with Gasteiger partial charge in [0, 0.05) is 9.13 Å². The van der Waals surface area contributed by atoms with Crippen LogP contribution in [0.25, 0.3) is 21.5 Å². The van der Waals surface area contributed by atoms with E-state index in [4.69, 9.17) is 0 Å². The second-order valence-electron chi connectivity index (χ2n) is 3.83. The molecule has 0 amide bonds. The van der Waals surface area contributed by atoms with Crippen molar-refractivity contribution in [2.24, 2.45) is 0 Å². The van der Waals surface area contributed by atoms with Crippen molar-refractivity contribution >= 4 is 30.7 Å². The third kappa shape index (κ3) is 1.23. The summed E-state index contributed by atoms with van der Waals surface area (Å²) >= 11 is 0. The molecule has 0 fully saturated rings. The van der Waals surface area contributed by atoms with Gasteiger partial charge in [0.25, 0.3) is 0 Å². The maximum Gasteiger partial charge on any atom is 0.000312 e. The van der Waals surface area contributed by atoms with Crippen molar-refractivity contribution in [2.45, 2.75) is 6.55 Å². The fraction of sp³-hybridized carbons (Fsp3) is 0.0714. The Morgan fingerprint density at radius 3 is 2.20 bits per heavy atom. The molecule has 0 aliphatic carbocycles. The molecule has 3 aromatic rings. The zero-order valence-corrected chi connectivity index (χ0v) is 9.85. The predicted molar refractivity (Wildman–Crippen MR) is 68.9 cm³/mol. The van der Waals surface area contributed by atoms with Crippen molar-refractivity contribution in [1.82, 2.24) is 0 Å². The monoisotopic (exact) mass is 208 g/mol. The average molecular weight is 208 g/mol. The van der Waals surface area contributed by atoms with Gasteiger partial charge in [0.1, 0.15) is 0 Å². The van der Waals surface area contributed by atoms with Crippen LogP contribution in [0.15, 0.2) is 48.5 Å². The second kappa shape index (κ2) is 3.28. The van der Waals surface area contributed by atoms with Gasteiger partial charge in [-0.25, -0.2) is 0 Å². The molecule has 0 saturated heterocycles. The van der Waals surface area contributed by atoms with Gasteiger partial charge in [-0.3, -0.25) is 0 Å². The molecule has 0 aliphatic rings. The van der Waals surface area contributed by atoms with Gasteiger partial charge in [-0.1, -0.05) is 55.1 Å². The van der Waals surface area contributed by atoms with Gasteiger partial charge in [0.15, 0.2) is 0 Å². The highest BCUT2D eigenvalue weighted by molar-refractivity contribution is 6.28. The zero-order chi connectivity index (χ0) is 10.3. The second-order valence-corrected chi connectivity index (χ2v) is 5.03. The topological polar surface area (TPSA) is 0 Å². The molecule has 0 radical (unpaired) electrons. The van der Waals surface area contributed by atoms with Crippen LogP contribution in [0.2, 0.25) is 6.55 Å². The largest absolute Gasteiger partial charge is 0.0610 e. The minimum Gasteiger partial charge on any atom is -0.0610 e. The first kappa shape index (κ1) is 8.80. The Hall–Kier alpha value is -1.47. The van der Waals surface area contributed by atoms with Crippen LogP contribution < -0.4 is 0 Å². The Morgan fingerprint density at radius 1 is 0.800 bits per heavy atom. The van der Waals surface area contributed by atoms with Crippen molar-refractivity contribution in [3.05, 3.63) is 53.3 Å². The summed E-state index contributed by atoms with van der Waals surface area (Å²) in [5.74, 6) is 0. The highest BCUT2D eigenvalue weighted by Crippen LogP contribution is 2.26. The lowest BCUT2D eigenvalue weighted by Crippen LogP contribution is -1.82. The third-order valence-corrected chi connectivity index (χ3v) is 4.13. The summed E-state index contributed by atoms with van der Waals surface area (Å²) in [5.41, 5.74) is 0. The Labute approximate surface area is 91.0 Å². The number of benzene rings is 3. The van der Waals surface area contributed by atoms with Gasteiger partial charge in [-0.2, -0.15) is 0 Å². The maximum atomic E-state index is 2.30. The molecule has 15 heavy (non-hydrogen) atoms. The Morgan fingerprint density at radius 2 is 1.47 bits per heavy atom. The summed E-state index contributed by atoms with van der Waals surface area (Å²) in [4.78, 5) is 1.53. The normalized spacial score (nSPS) is 12.7. The van der Waals surface area contributed by atoms with Gasteiger partial charge < -0.3 is 0 Å². The molecule has 0 aliphatic heterocycles. The van der Waals surface area contributed by atoms with Gasteiger partial charge in [0.05, 0.1) is 0 Å².